The summed E-state index contributed by atoms with van der Waals surface area (Å²) in [7, 11) is 0. The Balaban J connectivity index is 2.35. The highest BCUT2D eigenvalue weighted by molar-refractivity contribution is 5.81. The van der Waals surface area contributed by atoms with E-state index in [4.69, 9.17) is 0 Å². The predicted octanol–water partition coefficient (Wildman–Crippen LogP) is 1.43. The number of hydrogen-bond acceptors (Lipinski definition) is 3. The topological polar surface area (TPSA) is 61.4 Å². The Kier molecular flexibility index (Phi) is 6.65. The molecule has 1 saturated carbocycles. The molecule has 1 aliphatic carbocycles. The molecule has 18 heavy (non-hydrogen) atoms. The van der Waals surface area contributed by atoms with Crippen LogP contribution in [0, 0.1) is 5.41 Å². The maximum Gasteiger partial charge on any atom is 0.236 e. The van der Waals surface area contributed by atoms with E-state index in [1.807, 2.05) is 13.8 Å². The molecule has 1 unspecified atom stereocenters. The van der Waals surface area contributed by atoms with E-state index in [9.17, 15) is 9.90 Å². The van der Waals surface area contributed by atoms with Crippen molar-refractivity contribution < 1.29 is 9.90 Å². The van der Waals surface area contributed by atoms with Gasteiger partial charge in [-0.15, -0.1) is 0 Å². The van der Waals surface area contributed by atoms with E-state index in [1.54, 1.807) is 0 Å². The molecule has 0 saturated heterocycles. The molecule has 4 heteroatoms. The molecule has 0 heterocycles. The zero-order chi connectivity index (χ0) is 13.4. The predicted molar refractivity (Wildman–Crippen MR) is 73.4 cm³/mol. The Hall–Kier alpha value is -0.610. The summed E-state index contributed by atoms with van der Waals surface area (Å²) in [5, 5.41) is 15.8. The second-order valence-corrected chi connectivity index (χ2v) is 5.61. The average molecular weight is 256 g/mol. The SMILES string of the molecule is CCCNC(=O)C(C)NCC1(CO)CCCCC1. The summed E-state index contributed by atoms with van der Waals surface area (Å²) >= 11 is 0. The van der Waals surface area contributed by atoms with Crippen molar-refractivity contribution >= 4 is 5.91 Å². The molecule has 0 aromatic carbocycles. The first-order chi connectivity index (χ1) is 8.63. The molecule has 1 rings (SSSR count). The van der Waals surface area contributed by atoms with Crippen LogP contribution in [0.1, 0.15) is 52.4 Å². The summed E-state index contributed by atoms with van der Waals surface area (Å²) in [5.74, 6) is 0.0562. The quantitative estimate of drug-likeness (QED) is 0.646. The fourth-order valence-electron chi connectivity index (χ4n) is 2.56. The molecule has 1 atom stereocenters. The van der Waals surface area contributed by atoms with Crippen LogP contribution in [0.5, 0.6) is 0 Å². The molecule has 106 valence electrons. The largest absolute Gasteiger partial charge is 0.396 e. The number of aliphatic hydroxyl groups excluding tert-OH is 1. The van der Waals surface area contributed by atoms with E-state index in [2.05, 4.69) is 10.6 Å². The van der Waals surface area contributed by atoms with E-state index >= 15 is 0 Å². The average Bonchev–Trinajstić information content (AvgIpc) is 2.43. The summed E-state index contributed by atoms with van der Waals surface area (Å²) in [6.07, 6.45) is 6.75. The summed E-state index contributed by atoms with van der Waals surface area (Å²) < 4.78 is 0. The van der Waals surface area contributed by atoms with Gasteiger partial charge in [0.1, 0.15) is 0 Å². The molecule has 4 nitrogen and oxygen atoms in total. The van der Waals surface area contributed by atoms with Crippen molar-refractivity contribution in [3.63, 3.8) is 0 Å². The molecule has 1 aliphatic rings. The molecule has 0 aromatic rings. The number of rotatable bonds is 7. The van der Waals surface area contributed by atoms with Crippen molar-refractivity contribution in [2.45, 2.75) is 58.4 Å². The Morgan fingerprint density at radius 1 is 1.33 bits per heavy atom. The zero-order valence-electron chi connectivity index (χ0n) is 11.8. The molecule has 0 bridgehead atoms. The van der Waals surface area contributed by atoms with Crippen LogP contribution in [-0.4, -0.2) is 36.8 Å². The minimum atomic E-state index is -0.179. The second kappa shape index (κ2) is 7.74. The Morgan fingerprint density at radius 2 is 2.00 bits per heavy atom. The minimum absolute atomic E-state index is 0.00243. The highest BCUT2D eigenvalue weighted by atomic mass is 16.3. The van der Waals surface area contributed by atoms with Gasteiger partial charge in [0.2, 0.25) is 5.91 Å². The normalized spacial score (nSPS) is 20.4. The standard InChI is InChI=1S/C14H28N2O2/c1-3-9-15-13(18)12(2)16-10-14(11-17)7-5-4-6-8-14/h12,16-17H,3-11H2,1-2H3,(H,15,18). The third-order valence-electron chi connectivity index (χ3n) is 3.98. The summed E-state index contributed by atoms with van der Waals surface area (Å²) in [6, 6.07) is -0.179. The molecule has 1 fully saturated rings. The van der Waals surface area contributed by atoms with E-state index < -0.39 is 0 Å². The number of amides is 1. The fraction of sp³-hybridized carbons (Fsp3) is 0.929. The number of carbonyl (C=O) groups is 1. The number of carbonyl (C=O) groups excluding carboxylic acids is 1. The van der Waals surface area contributed by atoms with E-state index in [0.29, 0.717) is 0 Å². The maximum absolute atomic E-state index is 11.7. The first-order valence-electron chi connectivity index (χ1n) is 7.25. The Labute approximate surface area is 111 Å². The molecule has 0 spiro atoms. The monoisotopic (exact) mass is 256 g/mol. The lowest BCUT2D eigenvalue weighted by molar-refractivity contribution is -0.122. The van der Waals surface area contributed by atoms with Crippen molar-refractivity contribution in [3.8, 4) is 0 Å². The van der Waals surface area contributed by atoms with Crippen LogP contribution in [0.25, 0.3) is 0 Å². The number of hydrogen-bond donors (Lipinski definition) is 3. The van der Waals surface area contributed by atoms with Crippen LogP contribution in [0.2, 0.25) is 0 Å². The summed E-state index contributed by atoms with van der Waals surface area (Å²) in [6.45, 7) is 5.63. The van der Waals surface area contributed by atoms with Gasteiger partial charge in [0, 0.05) is 25.1 Å². The fourth-order valence-corrected chi connectivity index (χ4v) is 2.56. The lowest BCUT2D eigenvalue weighted by atomic mass is 9.74. The van der Waals surface area contributed by atoms with Gasteiger partial charge >= 0.3 is 0 Å². The van der Waals surface area contributed by atoms with Crippen LogP contribution >= 0.6 is 0 Å². The first-order valence-corrected chi connectivity index (χ1v) is 7.25. The number of aliphatic hydroxyl groups is 1. The smallest absolute Gasteiger partial charge is 0.236 e. The number of nitrogens with one attached hydrogen (secondary N) is 2. The first kappa shape index (κ1) is 15.4. The molecule has 0 aliphatic heterocycles. The zero-order valence-corrected chi connectivity index (χ0v) is 11.8. The Morgan fingerprint density at radius 3 is 2.56 bits per heavy atom. The van der Waals surface area contributed by atoms with Crippen molar-refractivity contribution in [2.24, 2.45) is 5.41 Å². The lowest BCUT2D eigenvalue weighted by Gasteiger charge is -2.36. The minimum Gasteiger partial charge on any atom is -0.396 e. The van der Waals surface area contributed by atoms with Crippen molar-refractivity contribution in [2.75, 3.05) is 19.7 Å². The maximum atomic E-state index is 11.7. The van der Waals surface area contributed by atoms with Crippen molar-refractivity contribution in [1.29, 1.82) is 0 Å². The van der Waals surface area contributed by atoms with Gasteiger partial charge in [-0.05, 0) is 26.2 Å². The van der Waals surface area contributed by atoms with E-state index in [-0.39, 0.29) is 24.0 Å². The van der Waals surface area contributed by atoms with Gasteiger partial charge in [-0.3, -0.25) is 4.79 Å². The van der Waals surface area contributed by atoms with Crippen LogP contribution < -0.4 is 10.6 Å². The van der Waals surface area contributed by atoms with Crippen molar-refractivity contribution in [1.82, 2.24) is 10.6 Å². The highest BCUT2D eigenvalue weighted by Gasteiger charge is 2.31. The van der Waals surface area contributed by atoms with Gasteiger partial charge in [0.15, 0.2) is 0 Å². The summed E-state index contributed by atoms with van der Waals surface area (Å²) in [5.41, 5.74) is -0.00243. The van der Waals surface area contributed by atoms with Gasteiger partial charge in [-0.25, -0.2) is 0 Å². The summed E-state index contributed by atoms with van der Waals surface area (Å²) in [4.78, 5) is 11.7. The van der Waals surface area contributed by atoms with Gasteiger partial charge in [-0.1, -0.05) is 26.2 Å². The molecule has 3 N–H and O–H groups in total. The lowest BCUT2D eigenvalue weighted by Crippen LogP contribution is -2.48. The third-order valence-corrected chi connectivity index (χ3v) is 3.98. The van der Waals surface area contributed by atoms with Gasteiger partial charge in [0.05, 0.1) is 6.04 Å². The van der Waals surface area contributed by atoms with Crippen molar-refractivity contribution in [3.05, 3.63) is 0 Å². The molecule has 1 amide bonds. The molecular weight excluding hydrogens is 228 g/mol. The molecule has 0 radical (unpaired) electrons. The van der Waals surface area contributed by atoms with Crippen LogP contribution in [0.4, 0.5) is 0 Å². The van der Waals surface area contributed by atoms with Gasteiger partial charge in [-0.2, -0.15) is 0 Å². The van der Waals surface area contributed by atoms with E-state index in [0.717, 1.165) is 32.4 Å². The third kappa shape index (κ3) is 4.58. The van der Waals surface area contributed by atoms with Gasteiger partial charge in [0.25, 0.3) is 0 Å². The highest BCUT2D eigenvalue weighted by Crippen LogP contribution is 2.35. The van der Waals surface area contributed by atoms with Crippen LogP contribution in [0.15, 0.2) is 0 Å². The second-order valence-electron chi connectivity index (χ2n) is 5.61. The molecule has 0 aromatic heterocycles. The Bertz CT molecular complexity index is 250. The van der Waals surface area contributed by atoms with E-state index in [1.165, 1.54) is 19.3 Å². The van der Waals surface area contributed by atoms with Crippen LogP contribution in [0.3, 0.4) is 0 Å². The molecular formula is C14H28N2O2. The van der Waals surface area contributed by atoms with Crippen LogP contribution in [-0.2, 0) is 4.79 Å². The van der Waals surface area contributed by atoms with Gasteiger partial charge < -0.3 is 15.7 Å².